The third-order valence-corrected chi connectivity index (χ3v) is 5.64. The number of carbonyl (C=O) groups is 1. The fourth-order valence-electron chi connectivity index (χ4n) is 2.62. The predicted octanol–water partition coefficient (Wildman–Crippen LogP) is 2.28. The summed E-state index contributed by atoms with van der Waals surface area (Å²) in [5.41, 5.74) is 2.08. The minimum absolute atomic E-state index is 0.0244. The van der Waals surface area contributed by atoms with E-state index in [1.54, 1.807) is 13.0 Å². The highest BCUT2D eigenvalue weighted by Crippen LogP contribution is 2.27. The molecule has 0 N–H and O–H groups in total. The third kappa shape index (κ3) is 3.18. The molecule has 1 aromatic heterocycles. The van der Waals surface area contributed by atoms with Crippen LogP contribution >= 0.6 is 15.9 Å². The van der Waals surface area contributed by atoms with E-state index in [2.05, 4.69) is 21.0 Å². The first-order valence-electron chi connectivity index (χ1n) is 7.15. The second-order valence-corrected chi connectivity index (χ2v) is 8.33. The van der Waals surface area contributed by atoms with Crippen molar-refractivity contribution in [2.45, 2.75) is 19.1 Å². The number of hydrogen-bond acceptors (Lipinski definition) is 5. The van der Waals surface area contributed by atoms with Gasteiger partial charge < -0.3 is 4.74 Å². The predicted molar refractivity (Wildman–Crippen MR) is 88.4 cm³/mol. The molecule has 2 heterocycles. The number of aromatic nitrogens is 2. The Kier molecular flexibility index (Phi) is 4.29. The summed E-state index contributed by atoms with van der Waals surface area (Å²) in [5.74, 6) is -0.604. The van der Waals surface area contributed by atoms with Gasteiger partial charge in [-0.2, -0.15) is 5.10 Å². The van der Waals surface area contributed by atoms with Gasteiger partial charge in [0.15, 0.2) is 15.5 Å². The zero-order valence-electron chi connectivity index (χ0n) is 12.5. The zero-order chi connectivity index (χ0) is 16.6. The summed E-state index contributed by atoms with van der Waals surface area (Å²) in [4.78, 5) is 12.4. The van der Waals surface area contributed by atoms with Gasteiger partial charge in [-0.25, -0.2) is 17.9 Å². The van der Waals surface area contributed by atoms with Crippen LogP contribution in [0.15, 0.2) is 28.7 Å². The van der Waals surface area contributed by atoms with Crippen LogP contribution in [0.5, 0.6) is 0 Å². The van der Waals surface area contributed by atoms with E-state index in [0.717, 1.165) is 4.47 Å². The van der Waals surface area contributed by atoms with Gasteiger partial charge in [0.1, 0.15) is 0 Å². The van der Waals surface area contributed by atoms with E-state index >= 15 is 0 Å². The molecule has 0 bridgehead atoms. The van der Waals surface area contributed by atoms with Crippen LogP contribution in [0.4, 0.5) is 0 Å². The third-order valence-electron chi connectivity index (χ3n) is 3.61. The Balaban J connectivity index is 2.19. The summed E-state index contributed by atoms with van der Waals surface area (Å²) in [6.45, 7) is 1.98. The van der Waals surface area contributed by atoms with E-state index in [-0.39, 0.29) is 24.5 Å². The van der Waals surface area contributed by atoms with Crippen LogP contribution < -0.4 is 0 Å². The standard InChI is InChI=1S/C15H15BrN2O4S/c1-2-22-15(19)14-12-6-7-23(20,21)9-13(12)17-18(14)11-5-3-4-10(16)8-11/h3-5,8H,2,6-7,9H2,1H3. The maximum Gasteiger partial charge on any atom is 0.357 e. The summed E-state index contributed by atoms with van der Waals surface area (Å²) in [5, 5.41) is 4.38. The number of sulfone groups is 1. The molecule has 6 nitrogen and oxygen atoms in total. The monoisotopic (exact) mass is 398 g/mol. The first-order valence-corrected chi connectivity index (χ1v) is 9.77. The molecule has 3 rings (SSSR count). The fourth-order valence-corrected chi connectivity index (χ4v) is 4.31. The molecule has 0 atom stereocenters. The van der Waals surface area contributed by atoms with Crippen LogP contribution in [0, 0.1) is 0 Å². The van der Waals surface area contributed by atoms with Gasteiger partial charge in [0.25, 0.3) is 0 Å². The minimum atomic E-state index is -3.17. The van der Waals surface area contributed by atoms with Crippen LogP contribution in [-0.4, -0.2) is 36.5 Å². The molecular weight excluding hydrogens is 384 g/mol. The van der Waals surface area contributed by atoms with E-state index < -0.39 is 15.8 Å². The van der Waals surface area contributed by atoms with Crippen molar-refractivity contribution in [3.63, 3.8) is 0 Å². The highest BCUT2D eigenvalue weighted by Gasteiger charge is 2.32. The number of hydrogen-bond donors (Lipinski definition) is 0. The van der Waals surface area contributed by atoms with E-state index in [9.17, 15) is 13.2 Å². The first-order chi connectivity index (χ1) is 10.9. The summed E-state index contributed by atoms with van der Waals surface area (Å²) in [7, 11) is -3.17. The second kappa shape index (κ2) is 6.09. The van der Waals surface area contributed by atoms with Crippen molar-refractivity contribution in [1.82, 2.24) is 9.78 Å². The minimum Gasteiger partial charge on any atom is -0.461 e. The molecule has 0 saturated heterocycles. The molecule has 0 amide bonds. The van der Waals surface area contributed by atoms with Crippen molar-refractivity contribution in [3.05, 3.63) is 45.7 Å². The molecule has 1 aliphatic heterocycles. The van der Waals surface area contributed by atoms with Gasteiger partial charge in [0.2, 0.25) is 0 Å². The number of fused-ring (bicyclic) bond motifs is 1. The molecule has 1 aliphatic rings. The molecule has 122 valence electrons. The number of ether oxygens (including phenoxy) is 1. The number of benzene rings is 1. The van der Waals surface area contributed by atoms with Crippen molar-refractivity contribution in [3.8, 4) is 5.69 Å². The Morgan fingerprint density at radius 1 is 1.43 bits per heavy atom. The maximum absolute atomic E-state index is 12.4. The summed E-state index contributed by atoms with van der Waals surface area (Å²) in [6.07, 6.45) is 0.278. The number of nitrogens with zero attached hydrogens (tertiary/aromatic N) is 2. The van der Waals surface area contributed by atoms with Gasteiger partial charge >= 0.3 is 5.97 Å². The van der Waals surface area contributed by atoms with Gasteiger partial charge in [-0.3, -0.25) is 0 Å². The van der Waals surface area contributed by atoms with Crippen molar-refractivity contribution >= 4 is 31.7 Å². The fraction of sp³-hybridized carbons (Fsp3) is 0.333. The molecule has 23 heavy (non-hydrogen) atoms. The van der Waals surface area contributed by atoms with Gasteiger partial charge in [-0.05, 0) is 31.5 Å². The quantitative estimate of drug-likeness (QED) is 0.741. The van der Waals surface area contributed by atoms with E-state index in [0.29, 0.717) is 22.6 Å². The Bertz CT molecular complexity index is 874. The Hall–Kier alpha value is -1.67. The smallest absolute Gasteiger partial charge is 0.357 e. The van der Waals surface area contributed by atoms with Gasteiger partial charge in [0, 0.05) is 10.0 Å². The second-order valence-electron chi connectivity index (χ2n) is 5.23. The molecule has 1 aromatic carbocycles. The van der Waals surface area contributed by atoms with Crippen LogP contribution in [0.3, 0.4) is 0 Å². The lowest BCUT2D eigenvalue weighted by molar-refractivity contribution is 0.0514. The van der Waals surface area contributed by atoms with E-state index in [1.807, 2.05) is 18.2 Å². The molecule has 2 aromatic rings. The SMILES string of the molecule is CCOC(=O)c1c2c(nn1-c1cccc(Br)c1)CS(=O)(=O)CC2. The Morgan fingerprint density at radius 3 is 2.91 bits per heavy atom. The first kappa shape index (κ1) is 16.2. The maximum atomic E-state index is 12.4. The number of carbonyl (C=O) groups excluding carboxylic acids is 1. The van der Waals surface area contributed by atoms with Crippen LogP contribution in [0.2, 0.25) is 0 Å². The average Bonchev–Trinajstić information content (AvgIpc) is 2.84. The largest absolute Gasteiger partial charge is 0.461 e. The zero-order valence-corrected chi connectivity index (χ0v) is 14.9. The lowest BCUT2D eigenvalue weighted by atomic mass is 10.1. The number of halogens is 1. The topological polar surface area (TPSA) is 78.3 Å². The molecule has 0 fully saturated rings. The van der Waals surface area contributed by atoms with E-state index in [1.165, 1.54) is 4.68 Å². The molecule has 0 spiro atoms. The normalized spacial score (nSPS) is 15.9. The van der Waals surface area contributed by atoms with Crippen LogP contribution in [0.1, 0.15) is 28.7 Å². The number of esters is 1. The van der Waals surface area contributed by atoms with Gasteiger partial charge in [0.05, 0.1) is 29.5 Å². The van der Waals surface area contributed by atoms with E-state index in [4.69, 9.17) is 4.74 Å². The molecule has 0 aliphatic carbocycles. The number of rotatable bonds is 3. The highest BCUT2D eigenvalue weighted by molar-refractivity contribution is 9.10. The molecule has 8 heteroatoms. The Morgan fingerprint density at radius 2 is 2.22 bits per heavy atom. The summed E-state index contributed by atoms with van der Waals surface area (Å²) < 4.78 is 31.1. The van der Waals surface area contributed by atoms with Gasteiger partial charge in [-0.15, -0.1) is 0 Å². The van der Waals surface area contributed by atoms with Gasteiger partial charge in [-0.1, -0.05) is 22.0 Å². The van der Waals surface area contributed by atoms with Crippen molar-refractivity contribution in [1.29, 1.82) is 0 Å². The lowest BCUT2D eigenvalue weighted by Crippen LogP contribution is -2.20. The average molecular weight is 399 g/mol. The molecule has 0 radical (unpaired) electrons. The summed E-state index contributed by atoms with van der Waals surface area (Å²) in [6, 6.07) is 7.31. The molecule has 0 saturated carbocycles. The summed E-state index contributed by atoms with van der Waals surface area (Å²) >= 11 is 3.39. The lowest BCUT2D eigenvalue weighted by Gasteiger charge is -2.12. The molecular formula is C15H15BrN2O4S. The van der Waals surface area contributed by atoms with Crippen LogP contribution in [-0.2, 0) is 26.7 Å². The van der Waals surface area contributed by atoms with Crippen molar-refractivity contribution < 1.29 is 17.9 Å². The molecule has 0 unspecified atom stereocenters. The van der Waals surface area contributed by atoms with Crippen LogP contribution in [0.25, 0.3) is 5.69 Å². The highest BCUT2D eigenvalue weighted by atomic mass is 79.9. The van der Waals surface area contributed by atoms with Crippen molar-refractivity contribution in [2.24, 2.45) is 0 Å². The Labute approximate surface area is 142 Å². The van der Waals surface area contributed by atoms with Crippen molar-refractivity contribution in [2.75, 3.05) is 12.4 Å².